The van der Waals surface area contributed by atoms with E-state index < -0.39 is 0 Å². The smallest absolute Gasteiger partial charge is 0.0461 e. The molecule has 18 heavy (non-hydrogen) atoms. The SMILES string of the molecule is C=C/C=C\C=C(/C)Nc1cccc2ccccc12. The molecule has 0 aliphatic heterocycles. The Morgan fingerprint density at radius 3 is 2.67 bits per heavy atom. The summed E-state index contributed by atoms with van der Waals surface area (Å²) in [5, 5.41) is 5.90. The number of fused-ring (bicyclic) bond motifs is 1. The van der Waals surface area contributed by atoms with Gasteiger partial charge in [0.15, 0.2) is 0 Å². The minimum atomic E-state index is 1.10. The van der Waals surface area contributed by atoms with E-state index in [0.717, 1.165) is 11.4 Å². The Hall–Kier alpha value is -2.28. The van der Waals surface area contributed by atoms with Gasteiger partial charge in [0.1, 0.15) is 0 Å². The van der Waals surface area contributed by atoms with E-state index in [4.69, 9.17) is 0 Å². The largest absolute Gasteiger partial charge is 0.359 e. The highest BCUT2D eigenvalue weighted by molar-refractivity contribution is 5.94. The van der Waals surface area contributed by atoms with Crippen molar-refractivity contribution in [1.82, 2.24) is 0 Å². The van der Waals surface area contributed by atoms with Crippen molar-refractivity contribution < 1.29 is 0 Å². The zero-order chi connectivity index (χ0) is 12.8. The summed E-state index contributed by atoms with van der Waals surface area (Å²) in [6.07, 6.45) is 7.68. The first kappa shape index (κ1) is 12.2. The normalized spacial score (nSPS) is 11.9. The molecule has 0 saturated carbocycles. The van der Waals surface area contributed by atoms with Crippen molar-refractivity contribution in [2.24, 2.45) is 0 Å². The van der Waals surface area contributed by atoms with E-state index in [1.54, 1.807) is 6.08 Å². The van der Waals surface area contributed by atoms with Crippen molar-refractivity contribution in [2.75, 3.05) is 5.32 Å². The maximum absolute atomic E-state index is 3.65. The molecule has 1 N–H and O–H groups in total. The molecular weight excluding hydrogens is 218 g/mol. The zero-order valence-electron chi connectivity index (χ0n) is 10.6. The molecule has 0 bridgehead atoms. The first-order chi connectivity index (χ1) is 8.81. The minimum Gasteiger partial charge on any atom is -0.359 e. The summed E-state index contributed by atoms with van der Waals surface area (Å²) in [5.74, 6) is 0. The molecule has 2 aromatic carbocycles. The van der Waals surface area contributed by atoms with Gasteiger partial charge in [-0.25, -0.2) is 0 Å². The molecule has 0 radical (unpaired) electrons. The maximum Gasteiger partial charge on any atom is 0.0461 e. The van der Waals surface area contributed by atoms with E-state index in [0.29, 0.717) is 0 Å². The van der Waals surface area contributed by atoms with Crippen LogP contribution >= 0.6 is 0 Å². The lowest BCUT2D eigenvalue weighted by Crippen LogP contribution is -1.95. The van der Waals surface area contributed by atoms with Crippen LogP contribution in [0.5, 0.6) is 0 Å². The van der Waals surface area contributed by atoms with Gasteiger partial charge in [-0.05, 0) is 24.5 Å². The third-order valence-corrected chi connectivity index (χ3v) is 2.71. The van der Waals surface area contributed by atoms with E-state index in [2.05, 4.69) is 61.3 Å². The van der Waals surface area contributed by atoms with Crippen LogP contribution in [0, 0.1) is 0 Å². The number of nitrogens with one attached hydrogen (secondary N) is 1. The minimum absolute atomic E-state index is 1.10. The highest BCUT2D eigenvalue weighted by Crippen LogP contribution is 2.23. The molecule has 0 spiro atoms. The van der Waals surface area contributed by atoms with Crippen molar-refractivity contribution in [1.29, 1.82) is 0 Å². The molecule has 90 valence electrons. The molecule has 0 aliphatic carbocycles. The van der Waals surface area contributed by atoms with Crippen molar-refractivity contribution in [2.45, 2.75) is 6.92 Å². The fraction of sp³-hybridized carbons (Fsp3) is 0.0588. The Bertz CT molecular complexity index is 601. The Kier molecular flexibility index (Phi) is 3.98. The first-order valence-corrected chi connectivity index (χ1v) is 6.02. The summed E-state index contributed by atoms with van der Waals surface area (Å²) in [5.41, 5.74) is 2.23. The molecule has 0 unspecified atom stereocenters. The third kappa shape index (κ3) is 2.89. The fourth-order valence-electron chi connectivity index (χ4n) is 1.87. The molecule has 0 atom stereocenters. The molecule has 0 aromatic heterocycles. The standard InChI is InChI=1S/C17H17N/c1-3-4-5-9-14(2)18-17-13-8-11-15-10-6-7-12-16(15)17/h3-13,18H,1H2,2H3/b5-4-,14-9+. The summed E-state index contributed by atoms with van der Waals surface area (Å²) >= 11 is 0. The molecule has 0 aliphatic rings. The number of allylic oxidation sites excluding steroid dienone is 5. The van der Waals surface area contributed by atoms with Crippen LogP contribution in [-0.2, 0) is 0 Å². The van der Waals surface area contributed by atoms with Crippen LogP contribution in [0.1, 0.15) is 6.92 Å². The van der Waals surface area contributed by atoms with Gasteiger partial charge in [0.05, 0.1) is 0 Å². The number of benzene rings is 2. The molecule has 0 fully saturated rings. The van der Waals surface area contributed by atoms with E-state index in [1.165, 1.54) is 10.8 Å². The molecule has 1 heteroatoms. The lowest BCUT2D eigenvalue weighted by atomic mass is 10.1. The van der Waals surface area contributed by atoms with Crippen LogP contribution in [0.25, 0.3) is 10.8 Å². The quantitative estimate of drug-likeness (QED) is 0.743. The molecule has 0 heterocycles. The average Bonchev–Trinajstić information content (AvgIpc) is 2.39. The summed E-state index contributed by atoms with van der Waals surface area (Å²) in [6, 6.07) is 14.7. The van der Waals surface area contributed by atoms with Crippen molar-refractivity contribution in [3.8, 4) is 0 Å². The van der Waals surface area contributed by atoms with Gasteiger partial charge in [-0.3, -0.25) is 0 Å². The molecule has 2 rings (SSSR count). The summed E-state index contributed by atoms with van der Waals surface area (Å²) in [4.78, 5) is 0. The number of rotatable bonds is 4. The zero-order valence-corrected chi connectivity index (χ0v) is 10.6. The maximum atomic E-state index is 3.65. The third-order valence-electron chi connectivity index (χ3n) is 2.71. The monoisotopic (exact) mass is 235 g/mol. The van der Waals surface area contributed by atoms with Gasteiger partial charge in [0.25, 0.3) is 0 Å². The van der Waals surface area contributed by atoms with E-state index in [-0.39, 0.29) is 0 Å². The van der Waals surface area contributed by atoms with E-state index >= 15 is 0 Å². The summed E-state index contributed by atoms with van der Waals surface area (Å²) in [7, 11) is 0. The lowest BCUT2D eigenvalue weighted by Gasteiger charge is -2.09. The molecule has 0 amide bonds. The van der Waals surface area contributed by atoms with Crippen LogP contribution in [0.15, 0.2) is 79.0 Å². The molecule has 0 saturated heterocycles. The van der Waals surface area contributed by atoms with Crippen LogP contribution in [0.2, 0.25) is 0 Å². The van der Waals surface area contributed by atoms with Crippen LogP contribution in [0.4, 0.5) is 5.69 Å². The van der Waals surface area contributed by atoms with Gasteiger partial charge in [0, 0.05) is 16.8 Å². The van der Waals surface area contributed by atoms with Gasteiger partial charge in [-0.15, -0.1) is 0 Å². The first-order valence-electron chi connectivity index (χ1n) is 6.02. The van der Waals surface area contributed by atoms with Gasteiger partial charge in [0.2, 0.25) is 0 Å². The number of hydrogen-bond acceptors (Lipinski definition) is 1. The van der Waals surface area contributed by atoms with Gasteiger partial charge >= 0.3 is 0 Å². The van der Waals surface area contributed by atoms with Crippen LogP contribution in [0.3, 0.4) is 0 Å². The Labute approximate surface area is 108 Å². The lowest BCUT2D eigenvalue weighted by molar-refractivity contribution is 1.39. The van der Waals surface area contributed by atoms with Gasteiger partial charge in [-0.2, -0.15) is 0 Å². The second-order valence-corrected chi connectivity index (χ2v) is 4.12. The Morgan fingerprint density at radius 1 is 1.06 bits per heavy atom. The Morgan fingerprint density at radius 2 is 1.83 bits per heavy atom. The van der Waals surface area contributed by atoms with Crippen molar-refractivity contribution in [3.63, 3.8) is 0 Å². The van der Waals surface area contributed by atoms with Gasteiger partial charge in [-0.1, -0.05) is 61.2 Å². The predicted molar refractivity (Wildman–Crippen MR) is 80.7 cm³/mol. The second-order valence-electron chi connectivity index (χ2n) is 4.12. The van der Waals surface area contributed by atoms with Crippen LogP contribution < -0.4 is 5.32 Å². The number of hydrogen-bond donors (Lipinski definition) is 1. The predicted octanol–water partition coefficient (Wildman–Crippen LogP) is 4.90. The molecule has 1 nitrogen and oxygen atoms in total. The van der Waals surface area contributed by atoms with Gasteiger partial charge < -0.3 is 5.32 Å². The van der Waals surface area contributed by atoms with Crippen molar-refractivity contribution >= 4 is 16.5 Å². The summed E-state index contributed by atoms with van der Waals surface area (Å²) in [6.45, 7) is 5.70. The average molecular weight is 235 g/mol. The fourth-order valence-corrected chi connectivity index (χ4v) is 1.87. The highest BCUT2D eigenvalue weighted by atomic mass is 14.9. The van der Waals surface area contributed by atoms with Crippen LogP contribution in [-0.4, -0.2) is 0 Å². The summed E-state index contributed by atoms with van der Waals surface area (Å²) < 4.78 is 0. The molecular formula is C17H17N. The molecule has 2 aromatic rings. The van der Waals surface area contributed by atoms with E-state index in [9.17, 15) is 0 Å². The highest BCUT2D eigenvalue weighted by Gasteiger charge is 1.98. The van der Waals surface area contributed by atoms with Crippen molar-refractivity contribution in [3.05, 3.63) is 79.0 Å². The second kappa shape index (κ2) is 5.87. The Balaban J connectivity index is 2.29. The number of anilines is 1. The topological polar surface area (TPSA) is 12.0 Å². The van der Waals surface area contributed by atoms with E-state index in [1.807, 2.05) is 18.2 Å².